The van der Waals surface area contributed by atoms with Crippen molar-refractivity contribution in [2.45, 2.75) is 0 Å². The van der Waals surface area contributed by atoms with Gasteiger partial charge in [0.25, 0.3) is 5.91 Å². The maximum Gasteiger partial charge on any atom is 0.337 e. The van der Waals surface area contributed by atoms with Crippen molar-refractivity contribution in [1.82, 2.24) is 0 Å². The van der Waals surface area contributed by atoms with Gasteiger partial charge in [-0.1, -0.05) is 63.6 Å². The van der Waals surface area contributed by atoms with Gasteiger partial charge in [-0.3, -0.25) is 4.79 Å². The Morgan fingerprint density at radius 1 is 0.857 bits per heavy atom. The van der Waals surface area contributed by atoms with Crippen LogP contribution in [0.2, 0.25) is 0 Å². The van der Waals surface area contributed by atoms with Crippen molar-refractivity contribution < 1.29 is 19.9 Å². The summed E-state index contributed by atoms with van der Waals surface area (Å²) in [5, 5.41) is 24.7. The molecule has 3 aromatic rings. The Balaban J connectivity index is 1.91. The minimum absolute atomic E-state index is 0.0271. The number of anilines is 1. The number of halogens is 1. The van der Waals surface area contributed by atoms with E-state index in [0.29, 0.717) is 26.9 Å². The van der Waals surface area contributed by atoms with Crippen molar-refractivity contribution in [3.63, 3.8) is 0 Å². The third-order valence-electron chi connectivity index (χ3n) is 4.01. The van der Waals surface area contributed by atoms with Crippen LogP contribution in [0, 0.1) is 0 Å². The molecular weight excluding hydrogens is 424 g/mol. The van der Waals surface area contributed by atoms with E-state index >= 15 is 0 Å². The Hall–Kier alpha value is -3.45. The summed E-state index contributed by atoms with van der Waals surface area (Å²) in [6.07, 6.45) is 0. The summed E-state index contributed by atoms with van der Waals surface area (Å²) in [5.41, 5.74) is 2.03. The predicted octanol–water partition coefficient (Wildman–Crippen LogP) is 4.63. The summed E-state index contributed by atoms with van der Waals surface area (Å²) in [6, 6.07) is 20.2. The number of amides is 1. The number of rotatable bonds is 5. The van der Waals surface area contributed by atoms with Gasteiger partial charge in [0.05, 0.1) is 11.3 Å². The first-order chi connectivity index (χ1) is 13.5. The zero-order chi connectivity index (χ0) is 20.1. The molecule has 3 rings (SSSR count). The number of benzene rings is 3. The highest BCUT2D eigenvalue weighted by molar-refractivity contribution is 9.10. The van der Waals surface area contributed by atoms with Crippen LogP contribution in [0.15, 0.2) is 82.4 Å². The number of carbonyl (C=O) groups is 2. The molecule has 0 heterocycles. The van der Waals surface area contributed by atoms with Gasteiger partial charge in [0.2, 0.25) is 0 Å². The molecule has 0 bridgehead atoms. The monoisotopic (exact) mass is 438 g/mol. The molecule has 6 nitrogen and oxygen atoms in total. The van der Waals surface area contributed by atoms with E-state index in [1.54, 1.807) is 42.5 Å². The van der Waals surface area contributed by atoms with Crippen LogP contribution in [-0.4, -0.2) is 27.9 Å². The molecule has 0 radical (unpaired) electrons. The molecule has 1 amide bonds. The molecule has 0 aliphatic rings. The molecule has 0 spiro atoms. The van der Waals surface area contributed by atoms with E-state index in [1.165, 1.54) is 12.1 Å². The Morgan fingerprint density at radius 3 is 2.21 bits per heavy atom. The van der Waals surface area contributed by atoms with Crippen LogP contribution < -0.4 is 5.32 Å². The van der Waals surface area contributed by atoms with E-state index in [9.17, 15) is 19.9 Å². The number of nitrogens with zero attached hydrogens (tertiary/aromatic N) is 1. The van der Waals surface area contributed by atoms with Crippen LogP contribution >= 0.6 is 15.9 Å². The van der Waals surface area contributed by atoms with E-state index in [4.69, 9.17) is 0 Å². The molecule has 3 aromatic carbocycles. The van der Waals surface area contributed by atoms with Gasteiger partial charge in [0, 0.05) is 21.2 Å². The summed E-state index contributed by atoms with van der Waals surface area (Å²) < 4.78 is 0.594. The number of hydrogen-bond acceptors (Lipinski definition) is 4. The number of carboxylic acids is 1. The fourth-order valence-corrected chi connectivity index (χ4v) is 3.04. The molecular formula is C21H15BrN2O4. The third-order valence-corrected chi connectivity index (χ3v) is 4.50. The molecule has 0 fully saturated rings. The van der Waals surface area contributed by atoms with Crippen molar-refractivity contribution in [3.8, 4) is 0 Å². The topological polar surface area (TPSA) is 99.0 Å². The molecule has 140 valence electrons. The quantitative estimate of drug-likeness (QED) is 0.307. The lowest BCUT2D eigenvalue weighted by molar-refractivity contribution is 0.0698. The van der Waals surface area contributed by atoms with Gasteiger partial charge in [-0.25, -0.2) is 4.79 Å². The van der Waals surface area contributed by atoms with Gasteiger partial charge in [-0.05, 0) is 30.3 Å². The van der Waals surface area contributed by atoms with Crippen molar-refractivity contribution in [1.29, 1.82) is 0 Å². The van der Waals surface area contributed by atoms with Crippen LogP contribution in [0.4, 0.5) is 5.69 Å². The molecule has 0 aliphatic heterocycles. The van der Waals surface area contributed by atoms with E-state index in [2.05, 4.69) is 26.4 Å². The maximum absolute atomic E-state index is 12.7. The normalized spacial score (nSPS) is 11.1. The third kappa shape index (κ3) is 4.27. The van der Waals surface area contributed by atoms with Gasteiger partial charge >= 0.3 is 5.97 Å². The average Bonchev–Trinajstić information content (AvgIpc) is 2.71. The molecule has 7 heteroatoms. The highest BCUT2D eigenvalue weighted by Crippen LogP contribution is 2.22. The van der Waals surface area contributed by atoms with E-state index in [0.717, 1.165) is 0 Å². The Labute approximate surface area is 169 Å². The lowest BCUT2D eigenvalue weighted by Crippen LogP contribution is -2.15. The highest BCUT2D eigenvalue weighted by atomic mass is 79.9. The molecule has 3 N–H and O–H groups in total. The molecule has 28 heavy (non-hydrogen) atoms. The maximum atomic E-state index is 12.7. The molecule has 0 aliphatic carbocycles. The van der Waals surface area contributed by atoms with E-state index < -0.39 is 11.9 Å². The number of nitrogens with one attached hydrogen (secondary N) is 1. The van der Waals surface area contributed by atoms with Gasteiger partial charge in [-0.15, -0.1) is 0 Å². The Bertz CT molecular complexity index is 1070. The zero-order valence-corrected chi connectivity index (χ0v) is 16.1. The first-order valence-electron chi connectivity index (χ1n) is 8.21. The van der Waals surface area contributed by atoms with Crippen molar-refractivity contribution in [2.24, 2.45) is 5.16 Å². The number of oxime groups is 1. The SMILES string of the molecule is O=C(Nc1ccc(Br)cc1C(=O)O)c1cccc(C(=NO)c2ccccc2)c1. The fraction of sp³-hybridized carbons (Fsp3) is 0. The van der Waals surface area contributed by atoms with Crippen LogP contribution in [0.1, 0.15) is 31.8 Å². The first-order valence-corrected chi connectivity index (χ1v) is 9.01. The summed E-state index contributed by atoms with van der Waals surface area (Å²) in [7, 11) is 0. The largest absolute Gasteiger partial charge is 0.478 e. The number of carboxylic acid groups (broad SMARTS) is 1. The fourth-order valence-electron chi connectivity index (χ4n) is 2.68. The molecule has 0 aromatic heterocycles. The number of aromatic carboxylic acids is 1. The van der Waals surface area contributed by atoms with Crippen LogP contribution in [0.25, 0.3) is 0 Å². The first kappa shape index (κ1) is 19.3. The summed E-state index contributed by atoms with van der Waals surface area (Å²) in [5.74, 6) is -1.62. The van der Waals surface area contributed by atoms with Gasteiger partial charge in [-0.2, -0.15) is 0 Å². The molecule has 0 unspecified atom stereocenters. The van der Waals surface area contributed by atoms with Crippen LogP contribution in [-0.2, 0) is 0 Å². The smallest absolute Gasteiger partial charge is 0.337 e. The predicted molar refractivity (Wildman–Crippen MR) is 109 cm³/mol. The second-order valence-corrected chi connectivity index (χ2v) is 6.76. The van der Waals surface area contributed by atoms with E-state index in [1.807, 2.05) is 18.2 Å². The lowest BCUT2D eigenvalue weighted by atomic mass is 10.0. The van der Waals surface area contributed by atoms with Gasteiger partial charge in [0.1, 0.15) is 5.71 Å². The second-order valence-electron chi connectivity index (χ2n) is 5.84. The molecule has 0 saturated carbocycles. The summed E-state index contributed by atoms with van der Waals surface area (Å²) in [4.78, 5) is 24.1. The molecule has 0 atom stereocenters. The standard InChI is InChI=1S/C21H15BrN2O4/c22-16-9-10-18(17(12-16)21(26)27)23-20(25)15-8-4-7-14(11-15)19(24-28)13-5-2-1-3-6-13/h1-12,28H,(H,23,25)(H,26,27). The summed E-state index contributed by atoms with van der Waals surface area (Å²) in [6.45, 7) is 0. The minimum Gasteiger partial charge on any atom is -0.478 e. The number of carbonyl (C=O) groups excluding carboxylic acids is 1. The van der Waals surface area contributed by atoms with Gasteiger partial charge < -0.3 is 15.6 Å². The van der Waals surface area contributed by atoms with Crippen molar-refractivity contribution >= 4 is 39.2 Å². The number of hydrogen-bond donors (Lipinski definition) is 3. The average molecular weight is 439 g/mol. The van der Waals surface area contributed by atoms with Crippen molar-refractivity contribution in [2.75, 3.05) is 5.32 Å². The summed E-state index contributed by atoms with van der Waals surface area (Å²) >= 11 is 3.22. The van der Waals surface area contributed by atoms with Gasteiger partial charge in [0.15, 0.2) is 0 Å². The lowest BCUT2D eigenvalue weighted by Gasteiger charge is -2.10. The van der Waals surface area contributed by atoms with Crippen molar-refractivity contribution in [3.05, 3.63) is 99.5 Å². The van der Waals surface area contributed by atoms with Crippen LogP contribution in [0.3, 0.4) is 0 Å². The zero-order valence-electron chi connectivity index (χ0n) is 14.5. The highest BCUT2D eigenvalue weighted by Gasteiger charge is 2.16. The van der Waals surface area contributed by atoms with E-state index in [-0.39, 0.29) is 11.3 Å². The van der Waals surface area contributed by atoms with Crippen LogP contribution in [0.5, 0.6) is 0 Å². The Kier molecular flexibility index (Phi) is 5.86. The second kappa shape index (κ2) is 8.49. The molecule has 0 saturated heterocycles. The minimum atomic E-state index is -1.15. The Morgan fingerprint density at radius 2 is 1.54 bits per heavy atom.